The van der Waals surface area contributed by atoms with Crippen molar-refractivity contribution in [2.75, 3.05) is 12.5 Å². The Kier molecular flexibility index (Phi) is 6.87. The van der Waals surface area contributed by atoms with E-state index in [1.807, 2.05) is 25.1 Å². The van der Waals surface area contributed by atoms with Gasteiger partial charge in [0.05, 0.1) is 13.7 Å². The van der Waals surface area contributed by atoms with Crippen LogP contribution in [0.5, 0.6) is 11.5 Å². The van der Waals surface area contributed by atoms with E-state index in [0.29, 0.717) is 32.9 Å². The van der Waals surface area contributed by atoms with Crippen LogP contribution in [0.1, 0.15) is 17.0 Å². The maximum absolute atomic E-state index is 6.26. The van der Waals surface area contributed by atoms with Crippen LogP contribution in [0, 0.1) is 11.7 Å². The zero-order valence-electron chi connectivity index (χ0n) is 15.1. The Labute approximate surface area is 185 Å². The third kappa shape index (κ3) is 4.63. The van der Waals surface area contributed by atoms with Crippen LogP contribution in [-0.4, -0.2) is 22.0 Å². The molecule has 0 aliphatic rings. The van der Waals surface area contributed by atoms with Gasteiger partial charge in [0.1, 0.15) is 12.4 Å². The van der Waals surface area contributed by atoms with Gasteiger partial charge in [-0.2, -0.15) is 5.10 Å². The second kappa shape index (κ2) is 9.17. The molecule has 2 aromatic carbocycles. The molecule has 0 fully saturated rings. The molecule has 3 rings (SSSR count). The summed E-state index contributed by atoms with van der Waals surface area (Å²) in [6, 6.07) is 9.03. The number of nitrogens with one attached hydrogen (secondary N) is 2. The molecule has 0 radical (unpaired) electrons. The van der Waals surface area contributed by atoms with Crippen LogP contribution in [0.25, 0.3) is 0 Å². The lowest BCUT2D eigenvalue weighted by Crippen LogP contribution is -2.17. The molecule has 1 heterocycles. The van der Waals surface area contributed by atoms with Gasteiger partial charge in [-0.1, -0.05) is 45.2 Å². The molecule has 0 unspecified atom stereocenters. The highest BCUT2D eigenvalue weighted by molar-refractivity contribution is 9.10. The predicted molar refractivity (Wildman–Crippen MR) is 117 cm³/mol. The maximum Gasteiger partial charge on any atom is 0.214 e. The van der Waals surface area contributed by atoms with E-state index in [9.17, 15) is 0 Å². The summed E-state index contributed by atoms with van der Waals surface area (Å²) in [5.41, 5.74) is 4.92. The highest BCUT2D eigenvalue weighted by Crippen LogP contribution is 2.37. The van der Waals surface area contributed by atoms with E-state index in [4.69, 9.17) is 44.9 Å². The van der Waals surface area contributed by atoms with Crippen LogP contribution in [0.3, 0.4) is 0 Å². The normalized spacial score (nSPS) is 10.8. The summed E-state index contributed by atoms with van der Waals surface area (Å²) in [7, 11) is 1.60. The molecule has 0 spiro atoms. The zero-order valence-corrected chi connectivity index (χ0v) is 19.0. The van der Waals surface area contributed by atoms with Crippen LogP contribution in [0.4, 0.5) is 0 Å². The molecule has 6 nitrogen and oxygen atoms in total. The number of nitrogens with zero attached hydrogens (tertiary/aromatic N) is 2. The van der Waals surface area contributed by atoms with E-state index in [0.717, 1.165) is 21.4 Å². The quantitative estimate of drug-likeness (QED) is 0.408. The van der Waals surface area contributed by atoms with Gasteiger partial charge < -0.3 is 14.9 Å². The Hall–Kier alpha value is -1.74. The van der Waals surface area contributed by atoms with E-state index < -0.39 is 0 Å². The van der Waals surface area contributed by atoms with E-state index in [1.165, 1.54) is 0 Å². The summed E-state index contributed by atoms with van der Waals surface area (Å²) in [5, 5.41) is 7.95. The van der Waals surface area contributed by atoms with Gasteiger partial charge in [-0.3, -0.25) is 5.10 Å². The molecule has 10 heteroatoms. The van der Waals surface area contributed by atoms with Crippen LogP contribution in [0.2, 0.25) is 10.0 Å². The minimum Gasteiger partial charge on any atom is -0.493 e. The van der Waals surface area contributed by atoms with Gasteiger partial charge in [-0.25, -0.2) is 4.68 Å². The Balaban J connectivity index is 1.88. The number of methoxy groups -OCH3 is 1. The third-order valence-electron chi connectivity index (χ3n) is 4.03. The molecule has 2 N–H and O–H groups in total. The van der Waals surface area contributed by atoms with Crippen molar-refractivity contribution in [3.63, 3.8) is 0 Å². The molecular weight excluding hydrogens is 487 g/mol. The van der Waals surface area contributed by atoms with Gasteiger partial charge in [0, 0.05) is 25.6 Å². The van der Waals surface area contributed by atoms with Gasteiger partial charge in [0.25, 0.3) is 0 Å². The summed E-state index contributed by atoms with van der Waals surface area (Å²) in [4.78, 5) is 0. The third-order valence-corrected chi connectivity index (χ3v) is 5.63. The lowest BCUT2D eigenvalue weighted by atomic mass is 10.1. The molecule has 0 saturated carbocycles. The average Bonchev–Trinajstić information content (AvgIpc) is 2.98. The number of hydrogen-bond donors (Lipinski definition) is 2. The second-order valence-corrected chi connectivity index (χ2v) is 7.91. The molecule has 0 amide bonds. The molecule has 0 saturated heterocycles. The highest BCUT2D eigenvalue weighted by Gasteiger charge is 2.16. The van der Waals surface area contributed by atoms with Crippen molar-refractivity contribution in [2.45, 2.75) is 20.1 Å². The van der Waals surface area contributed by atoms with Crippen molar-refractivity contribution in [2.24, 2.45) is 0 Å². The fraction of sp³-hybridized carbons (Fsp3) is 0.222. The lowest BCUT2D eigenvalue weighted by molar-refractivity contribution is 0.281. The van der Waals surface area contributed by atoms with Crippen LogP contribution < -0.4 is 14.9 Å². The first-order valence-corrected chi connectivity index (χ1v) is 10.2. The smallest absolute Gasteiger partial charge is 0.214 e. The molecule has 1 aromatic heterocycles. The van der Waals surface area contributed by atoms with Gasteiger partial charge >= 0.3 is 0 Å². The van der Waals surface area contributed by atoms with E-state index in [1.54, 1.807) is 23.9 Å². The largest absolute Gasteiger partial charge is 0.493 e. The number of ether oxygens (including phenoxy) is 2. The second-order valence-electron chi connectivity index (χ2n) is 5.83. The molecule has 0 aliphatic carbocycles. The van der Waals surface area contributed by atoms with Crippen molar-refractivity contribution >= 4 is 51.3 Å². The molecule has 148 valence electrons. The predicted octanol–water partition coefficient (Wildman–Crippen LogP) is 5.65. The number of aromatic nitrogens is 3. The van der Waals surface area contributed by atoms with Crippen LogP contribution in [-0.2, 0) is 13.2 Å². The van der Waals surface area contributed by atoms with Crippen molar-refractivity contribution in [1.82, 2.24) is 14.9 Å². The first-order chi connectivity index (χ1) is 13.4. The van der Waals surface area contributed by atoms with Crippen LogP contribution >= 0.6 is 51.3 Å². The minimum absolute atomic E-state index is 0.264. The fourth-order valence-electron chi connectivity index (χ4n) is 2.57. The van der Waals surface area contributed by atoms with Gasteiger partial charge in [0.2, 0.25) is 4.77 Å². The summed E-state index contributed by atoms with van der Waals surface area (Å²) in [5.74, 6) is 1.93. The summed E-state index contributed by atoms with van der Waals surface area (Å²) >= 11 is 21.0. The van der Waals surface area contributed by atoms with Gasteiger partial charge in [-0.05, 0) is 43.4 Å². The molecule has 0 atom stereocenters. The molecule has 3 aromatic rings. The Morgan fingerprint density at radius 1 is 1.29 bits per heavy atom. The van der Waals surface area contributed by atoms with Crippen molar-refractivity contribution < 1.29 is 9.47 Å². The summed E-state index contributed by atoms with van der Waals surface area (Å²) < 4.78 is 14.6. The molecule has 28 heavy (non-hydrogen) atoms. The Morgan fingerprint density at radius 2 is 2.07 bits per heavy atom. The number of H-pyrrole nitrogens is 1. The minimum atomic E-state index is 0.264. The van der Waals surface area contributed by atoms with E-state index >= 15 is 0 Å². The van der Waals surface area contributed by atoms with Crippen molar-refractivity contribution in [1.29, 1.82) is 0 Å². The molecule has 0 aliphatic heterocycles. The van der Waals surface area contributed by atoms with Crippen molar-refractivity contribution in [3.8, 4) is 11.5 Å². The Bertz CT molecular complexity index is 1050. The standard InChI is InChI=1S/C18H17BrCl2N4O2S/c1-10-23-24-18(28)25(10)22-8-13-14(19)5-6-16(26-2)17(13)27-9-11-3-4-12(20)7-15(11)21/h3-7,22H,8-9H2,1-2H3,(H,24,28). The zero-order chi connectivity index (χ0) is 20.3. The summed E-state index contributed by atoms with van der Waals surface area (Å²) in [6.07, 6.45) is 0. The maximum atomic E-state index is 6.26. The lowest BCUT2D eigenvalue weighted by Gasteiger charge is -2.18. The fourth-order valence-corrected chi connectivity index (χ4v) is 3.73. The van der Waals surface area contributed by atoms with Crippen molar-refractivity contribution in [3.05, 3.63) is 66.6 Å². The van der Waals surface area contributed by atoms with Gasteiger partial charge in [0.15, 0.2) is 11.5 Å². The number of hydrogen-bond acceptors (Lipinski definition) is 5. The highest BCUT2D eigenvalue weighted by atomic mass is 79.9. The molecule has 0 bridgehead atoms. The number of aryl methyl sites for hydroxylation is 1. The monoisotopic (exact) mass is 502 g/mol. The van der Waals surface area contributed by atoms with Gasteiger partial charge in [-0.15, -0.1) is 0 Å². The van der Waals surface area contributed by atoms with E-state index in [2.05, 4.69) is 31.6 Å². The number of aromatic amines is 1. The van der Waals surface area contributed by atoms with Crippen LogP contribution in [0.15, 0.2) is 34.8 Å². The average molecular weight is 504 g/mol. The first-order valence-electron chi connectivity index (χ1n) is 8.20. The first kappa shape index (κ1) is 21.0. The Morgan fingerprint density at radius 3 is 2.71 bits per heavy atom. The topological polar surface area (TPSA) is 64.1 Å². The molecular formula is C18H17BrCl2N4O2S. The SMILES string of the molecule is COc1ccc(Br)c(CNn2c(C)n[nH]c2=S)c1OCc1ccc(Cl)cc1Cl. The number of halogens is 3. The number of benzene rings is 2. The summed E-state index contributed by atoms with van der Waals surface area (Å²) in [6.45, 7) is 2.54. The number of rotatable bonds is 7. The van der Waals surface area contributed by atoms with E-state index in [-0.39, 0.29) is 6.61 Å².